The molecule has 0 aliphatic carbocycles. The quantitative estimate of drug-likeness (QED) is 0.210. The molecule has 32 heavy (non-hydrogen) atoms. The van der Waals surface area contributed by atoms with Gasteiger partial charge in [-0.1, -0.05) is 5.16 Å². The van der Waals surface area contributed by atoms with Crippen LogP contribution in [0, 0.1) is 0 Å². The summed E-state index contributed by atoms with van der Waals surface area (Å²) in [5.74, 6) is -2.36. The number of carboxylic acids is 1. The molecule has 0 aromatic carbocycles. The summed E-state index contributed by atoms with van der Waals surface area (Å²) in [7, 11) is 3.10. The van der Waals surface area contributed by atoms with E-state index in [0.29, 0.717) is 18.5 Å². The van der Waals surface area contributed by atoms with Crippen molar-refractivity contribution in [2.75, 3.05) is 12.8 Å². The third-order valence-corrected chi connectivity index (χ3v) is 5.82. The van der Waals surface area contributed by atoms with Crippen LogP contribution in [-0.4, -0.2) is 67.7 Å². The summed E-state index contributed by atoms with van der Waals surface area (Å²) in [6, 6.07) is -1.35. The van der Waals surface area contributed by atoms with Crippen molar-refractivity contribution in [1.29, 1.82) is 0 Å². The van der Waals surface area contributed by atoms with Gasteiger partial charge in [0.2, 0.25) is 6.33 Å². The maximum absolute atomic E-state index is 12.8. The number of nitrogens with one attached hydrogen (secondary N) is 1. The first-order chi connectivity index (χ1) is 14.8. The number of hydrogen-bond acceptors (Lipinski definition) is 9. The molecule has 4 rings (SSSR count). The summed E-state index contributed by atoms with van der Waals surface area (Å²) >= 11 is 1.14. The predicted molar refractivity (Wildman–Crippen MR) is 110 cm³/mol. The number of thiazole rings is 1. The minimum Gasteiger partial charge on any atom is -0.870 e. The van der Waals surface area contributed by atoms with Gasteiger partial charge in [0.25, 0.3) is 11.8 Å². The first kappa shape index (κ1) is 22.9. The van der Waals surface area contributed by atoms with Crippen LogP contribution in [0.25, 0.3) is 5.70 Å². The maximum atomic E-state index is 12.8. The van der Waals surface area contributed by atoms with E-state index in [2.05, 4.69) is 15.5 Å². The Morgan fingerprint density at radius 2 is 2.22 bits per heavy atom. The second kappa shape index (κ2) is 8.76. The van der Waals surface area contributed by atoms with Crippen molar-refractivity contribution in [3.8, 4) is 0 Å². The zero-order chi connectivity index (χ0) is 22.3. The number of anilines is 1. The fourth-order valence-corrected chi connectivity index (χ4v) is 4.35. The first-order valence-electron chi connectivity index (χ1n) is 9.28. The third-order valence-electron chi connectivity index (χ3n) is 5.14. The minimum atomic E-state index is -1.20. The van der Waals surface area contributed by atoms with Crippen molar-refractivity contribution in [2.24, 2.45) is 12.2 Å². The standard InChI is InChI=1S/C18H19N7O5S.H2O/c1-23-5-6-24(8-23)11-4-3-10-13(16(27)25(10)14(11)17(28)29)21-15(26)12(22-30-2)9-7-31-18(19)20-9;/h5-8,10,13H,3-4H2,1-2H3,(H3-,19,20,21,26,28,29);1H2/t10?,13-;/m0./s1. The van der Waals surface area contributed by atoms with E-state index in [1.165, 1.54) is 12.0 Å². The molecule has 1 fully saturated rings. The first-order valence-corrected chi connectivity index (χ1v) is 10.2. The number of nitrogen functional groups attached to an aromatic ring is 1. The van der Waals surface area contributed by atoms with Crippen LogP contribution in [0.15, 0.2) is 35.0 Å². The number of carbonyl (C=O) groups excluding carboxylic acids is 2. The molecule has 0 radical (unpaired) electrons. The fourth-order valence-electron chi connectivity index (χ4n) is 3.81. The number of nitrogens with zero attached hydrogens (tertiary/aromatic N) is 5. The van der Waals surface area contributed by atoms with E-state index >= 15 is 0 Å². The van der Waals surface area contributed by atoms with E-state index in [9.17, 15) is 19.5 Å². The van der Waals surface area contributed by atoms with Gasteiger partial charge in [-0.25, -0.2) is 18.9 Å². The van der Waals surface area contributed by atoms with Crippen LogP contribution in [0.5, 0.6) is 0 Å². The van der Waals surface area contributed by atoms with E-state index in [1.54, 1.807) is 33.2 Å². The van der Waals surface area contributed by atoms with Gasteiger partial charge in [-0.05, 0) is 6.42 Å². The number of nitrogens with two attached hydrogens (primary N) is 1. The summed E-state index contributed by atoms with van der Waals surface area (Å²) in [6.07, 6.45) is 6.16. The number of aryl methyl sites for hydroxylation is 1. The Bertz CT molecular complexity index is 1140. The van der Waals surface area contributed by atoms with Gasteiger partial charge < -0.3 is 26.5 Å². The largest absolute Gasteiger partial charge is 0.870 e. The van der Waals surface area contributed by atoms with Crippen LogP contribution in [-0.2, 0) is 26.3 Å². The van der Waals surface area contributed by atoms with Gasteiger partial charge in [-0.2, -0.15) is 0 Å². The highest BCUT2D eigenvalue weighted by Crippen LogP contribution is 2.36. The third kappa shape index (κ3) is 3.80. The number of imidazole rings is 1. The second-order valence-corrected chi connectivity index (χ2v) is 7.94. The van der Waals surface area contributed by atoms with Gasteiger partial charge in [0.05, 0.1) is 13.1 Å². The maximum Gasteiger partial charge on any atom is 0.356 e. The van der Waals surface area contributed by atoms with Gasteiger partial charge in [-0.15, -0.1) is 11.3 Å². The van der Waals surface area contributed by atoms with Crippen LogP contribution < -0.4 is 15.6 Å². The Morgan fingerprint density at radius 3 is 2.78 bits per heavy atom. The molecule has 0 bridgehead atoms. The smallest absolute Gasteiger partial charge is 0.356 e. The van der Waals surface area contributed by atoms with Crippen molar-refractivity contribution in [3.63, 3.8) is 0 Å². The highest BCUT2D eigenvalue weighted by molar-refractivity contribution is 7.13. The topological polar surface area (TPSA) is 186 Å². The lowest BCUT2D eigenvalue weighted by atomic mass is 9.85. The molecule has 2 aromatic heterocycles. The molecule has 0 saturated carbocycles. The summed E-state index contributed by atoms with van der Waals surface area (Å²) in [6.45, 7) is 0. The lowest BCUT2D eigenvalue weighted by molar-refractivity contribution is -0.584. The van der Waals surface area contributed by atoms with Crippen LogP contribution in [0.4, 0.5) is 5.13 Å². The molecule has 5 N–H and O–H groups in total. The number of oxime groups is 1. The second-order valence-electron chi connectivity index (χ2n) is 7.05. The number of fused-ring (bicyclic) bond motifs is 1. The van der Waals surface area contributed by atoms with Crippen molar-refractivity contribution in [2.45, 2.75) is 24.9 Å². The highest BCUT2D eigenvalue weighted by atomic mass is 32.1. The zero-order valence-electron chi connectivity index (χ0n) is 17.1. The lowest BCUT2D eigenvalue weighted by Gasteiger charge is -2.49. The fraction of sp³-hybridized carbons (Fsp3) is 0.333. The minimum absolute atomic E-state index is 0. The predicted octanol–water partition coefficient (Wildman–Crippen LogP) is -1.03. The van der Waals surface area contributed by atoms with Gasteiger partial charge >= 0.3 is 5.97 Å². The average Bonchev–Trinajstić information content (AvgIpc) is 3.36. The molecule has 2 aromatic rings. The molecule has 0 spiro atoms. The Morgan fingerprint density at radius 1 is 1.47 bits per heavy atom. The zero-order valence-corrected chi connectivity index (χ0v) is 17.9. The molecule has 2 aliphatic rings. The molecule has 4 heterocycles. The van der Waals surface area contributed by atoms with Gasteiger partial charge in [0.1, 0.15) is 36.9 Å². The normalized spacial score (nSPS) is 20.2. The number of amides is 2. The molecule has 14 heteroatoms. The molecule has 170 valence electrons. The van der Waals surface area contributed by atoms with E-state index in [4.69, 9.17) is 10.6 Å². The summed E-state index contributed by atoms with van der Waals surface area (Å²) < 4.78 is 3.47. The lowest BCUT2D eigenvalue weighted by Crippen LogP contribution is -2.72. The van der Waals surface area contributed by atoms with Crippen molar-refractivity contribution in [3.05, 3.63) is 35.5 Å². The molecule has 2 atom stereocenters. The van der Waals surface area contributed by atoms with Gasteiger partial charge in [0.15, 0.2) is 16.5 Å². The van der Waals surface area contributed by atoms with Gasteiger partial charge in [0, 0.05) is 11.8 Å². The Labute approximate surface area is 185 Å². The van der Waals surface area contributed by atoms with Gasteiger partial charge in [-0.3, -0.25) is 14.5 Å². The summed E-state index contributed by atoms with van der Waals surface area (Å²) in [5.41, 5.74) is 6.16. The number of carbonyl (C=O) groups is 3. The number of aromatic nitrogens is 3. The van der Waals surface area contributed by atoms with Crippen molar-refractivity contribution >= 4 is 45.7 Å². The summed E-state index contributed by atoms with van der Waals surface area (Å²) in [5, 5.41) is 17.9. The van der Waals surface area contributed by atoms with Crippen molar-refractivity contribution in [1.82, 2.24) is 19.8 Å². The average molecular weight is 463 g/mol. The molecular formula is C18H21N7O6S. The molecule has 1 saturated heterocycles. The van der Waals surface area contributed by atoms with Crippen LogP contribution >= 0.6 is 11.3 Å². The summed E-state index contributed by atoms with van der Waals surface area (Å²) in [4.78, 5) is 47.6. The van der Waals surface area contributed by atoms with Crippen LogP contribution in [0.2, 0.25) is 0 Å². The van der Waals surface area contributed by atoms with Crippen molar-refractivity contribution < 1.29 is 34.4 Å². The molecule has 2 amide bonds. The van der Waals surface area contributed by atoms with Crippen LogP contribution in [0.3, 0.4) is 0 Å². The van der Waals surface area contributed by atoms with E-state index in [-0.39, 0.29) is 27.7 Å². The molecule has 1 unspecified atom stereocenters. The van der Waals surface area contributed by atoms with E-state index in [0.717, 1.165) is 11.3 Å². The number of carboxylic acid groups (broad SMARTS) is 1. The molecule has 13 nitrogen and oxygen atoms in total. The Hall–Kier alpha value is -3.78. The van der Waals surface area contributed by atoms with E-state index in [1.807, 2.05) is 7.05 Å². The van der Waals surface area contributed by atoms with E-state index < -0.39 is 29.9 Å². The number of aliphatic carboxylic acids is 1. The SMILES string of the molecule is CON=C(C(=O)N[C@@H]1C(=O)N2C(C(=O)O)=C([n+]3ccn(C)c3)CCC12)c1csc(N)n1.[OH-]. The Kier molecular flexibility index (Phi) is 6.27. The highest BCUT2D eigenvalue weighted by Gasteiger charge is 2.54. The molecular weight excluding hydrogens is 442 g/mol. The molecule has 2 aliphatic heterocycles. The number of allylic oxidation sites excluding steroid dienone is 1. The number of hydrogen-bond donors (Lipinski definition) is 3. The van der Waals surface area contributed by atoms with Crippen LogP contribution in [0.1, 0.15) is 18.5 Å². The monoisotopic (exact) mass is 463 g/mol. The number of β-lactam (4-membered cyclic amide) rings is 1. The number of rotatable bonds is 6. The Balaban J connectivity index is 0.00000289.